The van der Waals surface area contributed by atoms with Crippen LogP contribution in [0, 0.1) is 18.6 Å². The molecule has 0 aliphatic heterocycles. The fraction of sp³-hybridized carbons (Fsp3) is 0.0714. The van der Waals surface area contributed by atoms with Gasteiger partial charge in [0.25, 0.3) is 5.91 Å². The molecule has 0 heterocycles. The molecule has 2 rings (SSSR count). The third kappa shape index (κ3) is 3.17. The van der Waals surface area contributed by atoms with Crippen molar-refractivity contribution in [2.24, 2.45) is 0 Å². The Morgan fingerprint density at radius 3 is 2.58 bits per heavy atom. The van der Waals surface area contributed by atoms with E-state index in [-0.39, 0.29) is 5.69 Å². The van der Waals surface area contributed by atoms with E-state index >= 15 is 0 Å². The maximum absolute atomic E-state index is 13.4. The van der Waals surface area contributed by atoms with E-state index in [0.29, 0.717) is 5.56 Å². The molecule has 0 spiro atoms. The zero-order valence-corrected chi connectivity index (χ0v) is 11.6. The van der Waals surface area contributed by atoms with Gasteiger partial charge in [0.15, 0.2) is 0 Å². The molecule has 1 N–H and O–H groups in total. The van der Waals surface area contributed by atoms with Crippen molar-refractivity contribution in [3.63, 3.8) is 0 Å². The molecule has 2 nitrogen and oxygen atoms in total. The number of hydrogen-bond acceptors (Lipinski definition) is 1. The smallest absolute Gasteiger partial charge is 0.255 e. The number of carbonyl (C=O) groups excluding carboxylic acids is 1. The van der Waals surface area contributed by atoms with Crippen molar-refractivity contribution in [2.75, 3.05) is 5.32 Å². The normalized spacial score (nSPS) is 10.3. The van der Waals surface area contributed by atoms with Crippen molar-refractivity contribution in [3.05, 3.63) is 63.6 Å². The second-order valence-corrected chi connectivity index (χ2v) is 4.90. The van der Waals surface area contributed by atoms with Gasteiger partial charge >= 0.3 is 0 Å². The van der Waals surface area contributed by atoms with Crippen molar-refractivity contribution in [1.29, 1.82) is 0 Å². The lowest BCUT2D eigenvalue weighted by atomic mass is 10.1. The number of halogens is 3. The lowest BCUT2D eigenvalue weighted by Crippen LogP contribution is -2.13. The predicted octanol–water partition coefficient (Wildman–Crippen LogP) is 4.29. The van der Waals surface area contributed by atoms with Gasteiger partial charge in [0, 0.05) is 16.1 Å². The van der Waals surface area contributed by atoms with Crippen molar-refractivity contribution >= 4 is 27.5 Å². The van der Waals surface area contributed by atoms with Gasteiger partial charge in [-0.1, -0.05) is 15.9 Å². The number of hydrogen-bond donors (Lipinski definition) is 1. The molecule has 0 radical (unpaired) electrons. The second kappa shape index (κ2) is 5.48. The quantitative estimate of drug-likeness (QED) is 0.876. The first kappa shape index (κ1) is 13.7. The van der Waals surface area contributed by atoms with Crippen LogP contribution in [-0.2, 0) is 0 Å². The van der Waals surface area contributed by atoms with Gasteiger partial charge in [-0.15, -0.1) is 0 Å². The lowest BCUT2D eigenvalue weighted by molar-refractivity contribution is 0.102. The maximum atomic E-state index is 13.4. The third-order valence-electron chi connectivity index (χ3n) is 2.60. The van der Waals surface area contributed by atoms with Crippen LogP contribution in [-0.4, -0.2) is 5.91 Å². The largest absolute Gasteiger partial charge is 0.319 e. The number of nitrogens with one attached hydrogen (secondary N) is 1. The van der Waals surface area contributed by atoms with Crippen molar-refractivity contribution < 1.29 is 13.6 Å². The van der Waals surface area contributed by atoms with E-state index in [1.165, 1.54) is 0 Å². The maximum Gasteiger partial charge on any atom is 0.255 e. The van der Waals surface area contributed by atoms with E-state index < -0.39 is 17.5 Å². The molecule has 0 fully saturated rings. The molecule has 0 aromatic heterocycles. The SMILES string of the molecule is Cc1cc(C(=O)Nc2cc(F)ccc2F)ccc1Br. The molecule has 0 saturated heterocycles. The van der Waals surface area contributed by atoms with Crippen LogP contribution < -0.4 is 5.32 Å². The van der Waals surface area contributed by atoms with Gasteiger partial charge in [-0.2, -0.15) is 0 Å². The van der Waals surface area contributed by atoms with Crippen LogP contribution in [0.25, 0.3) is 0 Å². The second-order valence-electron chi connectivity index (χ2n) is 4.04. The molecule has 5 heteroatoms. The van der Waals surface area contributed by atoms with E-state index in [1.807, 2.05) is 6.92 Å². The Kier molecular flexibility index (Phi) is 3.95. The number of anilines is 1. The highest BCUT2D eigenvalue weighted by molar-refractivity contribution is 9.10. The Balaban J connectivity index is 2.25. The van der Waals surface area contributed by atoms with Gasteiger partial charge in [-0.25, -0.2) is 8.78 Å². The average Bonchev–Trinajstić information content (AvgIpc) is 2.37. The van der Waals surface area contributed by atoms with E-state index in [4.69, 9.17) is 0 Å². The summed E-state index contributed by atoms with van der Waals surface area (Å²) in [5.41, 5.74) is 1.09. The minimum atomic E-state index is -0.677. The molecule has 0 bridgehead atoms. The summed E-state index contributed by atoms with van der Waals surface area (Å²) in [6, 6.07) is 7.90. The molecular formula is C14H10BrF2NO. The highest BCUT2D eigenvalue weighted by Gasteiger charge is 2.11. The average molecular weight is 326 g/mol. The van der Waals surface area contributed by atoms with E-state index in [0.717, 1.165) is 28.2 Å². The van der Waals surface area contributed by atoms with Gasteiger partial charge in [-0.05, 0) is 42.8 Å². The summed E-state index contributed by atoms with van der Waals surface area (Å²) in [5.74, 6) is -1.77. The van der Waals surface area contributed by atoms with Gasteiger partial charge in [0.2, 0.25) is 0 Å². The lowest BCUT2D eigenvalue weighted by Gasteiger charge is -2.07. The van der Waals surface area contributed by atoms with Gasteiger partial charge in [0.1, 0.15) is 11.6 Å². The molecule has 2 aromatic carbocycles. The first-order valence-electron chi connectivity index (χ1n) is 5.50. The van der Waals surface area contributed by atoms with Crippen LogP contribution in [0.2, 0.25) is 0 Å². The monoisotopic (exact) mass is 325 g/mol. The summed E-state index contributed by atoms with van der Waals surface area (Å²) in [7, 11) is 0. The van der Waals surface area contributed by atoms with Crippen LogP contribution in [0.5, 0.6) is 0 Å². The number of carbonyl (C=O) groups is 1. The van der Waals surface area contributed by atoms with Crippen LogP contribution in [0.4, 0.5) is 14.5 Å². The highest BCUT2D eigenvalue weighted by atomic mass is 79.9. The molecule has 0 aliphatic carbocycles. The molecule has 98 valence electrons. The van der Waals surface area contributed by atoms with Crippen LogP contribution in [0.1, 0.15) is 15.9 Å². The first-order valence-corrected chi connectivity index (χ1v) is 6.29. The van der Waals surface area contributed by atoms with Gasteiger partial charge < -0.3 is 5.32 Å². The Morgan fingerprint density at radius 1 is 1.16 bits per heavy atom. The number of aryl methyl sites for hydroxylation is 1. The fourth-order valence-corrected chi connectivity index (χ4v) is 1.82. The molecule has 0 atom stereocenters. The Bertz CT molecular complexity index is 643. The molecule has 0 unspecified atom stereocenters. The first-order chi connectivity index (χ1) is 8.97. The Hall–Kier alpha value is -1.75. The van der Waals surface area contributed by atoms with E-state index in [9.17, 15) is 13.6 Å². The minimum Gasteiger partial charge on any atom is -0.319 e. The predicted molar refractivity (Wildman–Crippen MR) is 73.2 cm³/mol. The Morgan fingerprint density at radius 2 is 1.89 bits per heavy atom. The molecule has 1 amide bonds. The number of amides is 1. The summed E-state index contributed by atoms with van der Waals surface area (Å²) in [5, 5.41) is 2.34. The van der Waals surface area contributed by atoms with Crippen LogP contribution in [0.3, 0.4) is 0 Å². The molecular weight excluding hydrogens is 316 g/mol. The molecule has 0 saturated carbocycles. The van der Waals surface area contributed by atoms with Gasteiger partial charge in [-0.3, -0.25) is 4.79 Å². The minimum absolute atomic E-state index is 0.175. The van der Waals surface area contributed by atoms with Crippen LogP contribution >= 0.6 is 15.9 Å². The fourth-order valence-electron chi connectivity index (χ4n) is 1.57. The van der Waals surface area contributed by atoms with Crippen molar-refractivity contribution in [3.8, 4) is 0 Å². The summed E-state index contributed by atoms with van der Waals surface area (Å²) in [4.78, 5) is 11.9. The highest BCUT2D eigenvalue weighted by Crippen LogP contribution is 2.19. The standard InChI is InChI=1S/C14H10BrF2NO/c1-8-6-9(2-4-11(8)15)14(19)18-13-7-10(16)3-5-12(13)17/h2-7H,1H3,(H,18,19). The van der Waals surface area contributed by atoms with E-state index in [2.05, 4.69) is 21.2 Å². The van der Waals surface area contributed by atoms with E-state index in [1.54, 1.807) is 18.2 Å². The molecule has 19 heavy (non-hydrogen) atoms. The topological polar surface area (TPSA) is 29.1 Å². The van der Waals surface area contributed by atoms with Crippen LogP contribution in [0.15, 0.2) is 40.9 Å². The Labute approximate surface area is 117 Å². The number of benzene rings is 2. The summed E-state index contributed by atoms with van der Waals surface area (Å²) >= 11 is 3.33. The molecule has 2 aromatic rings. The third-order valence-corrected chi connectivity index (χ3v) is 3.49. The number of rotatable bonds is 2. The zero-order chi connectivity index (χ0) is 14.0. The summed E-state index contributed by atoms with van der Waals surface area (Å²) in [6.45, 7) is 1.84. The van der Waals surface area contributed by atoms with Gasteiger partial charge in [0.05, 0.1) is 5.69 Å². The molecule has 0 aliphatic rings. The summed E-state index contributed by atoms with van der Waals surface area (Å²) in [6.07, 6.45) is 0. The summed E-state index contributed by atoms with van der Waals surface area (Å²) < 4.78 is 27.3. The van der Waals surface area contributed by atoms with Crippen molar-refractivity contribution in [2.45, 2.75) is 6.92 Å². The van der Waals surface area contributed by atoms with Crippen molar-refractivity contribution in [1.82, 2.24) is 0 Å². The zero-order valence-electron chi connectivity index (χ0n) is 10.0.